The van der Waals surface area contributed by atoms with E-state index in [1.165, 1.54) is 4.88 Å². The molecular formula is C25H33N5O2S. The van der Waals surface area contributed by atoms with Crippen LogP contribution < -0.4 is 10.6 Å². The van der Waals surface area contributed by atoms with Gasteiger partial charge in [-0.1, -0.05) is 31.2 Å². The maximum absolute atomic E-state index is 12.7. The second-order valence-electron chi connectivity index (χ2n) is 8.56. The van der Waals surface area contributed by atoms with Gasteiger partial charge in [0.2, 0.25) is 0 Å². The molecule has 3 N–H and O–H groups in total. The predicted molar refractivity (Wildman–Crippen MR) is 133 cm³/mol. The van der Waals surface area contributed by atoms with E-state index in [-0.39, 0.29) is 12.1 Å². The van der Waals surface area contributed by atoms with E-state index < -0.39 is 11.8 Å². The van der Waals surface area contributed by atoms with Crippen LogP contribution in [0, 0.1) is 0 Å². The summed E-state index contributed by atoms with van der Waals surface area (Å²) in [6.45, 7) is 9.60. The number of piperazine rings is 1. The molecule has 1 saturated heterocycles. The van der Waals surface area contributed by atoms with Crippen molar-refractivity contribution in [2.75, 3.05) is 39.3 Å². The van der Waals surface area contributed by atoms with E-state index in [4.69, 9.17) is 0 Å². The van der Waals surface area contributed by atoms with Gasteiger partial charge in [-0.15, -0.1) is 11.3 Å². The molecular weight excluding hydrogens is 434 g/mol. The number of hydrogen-bond acceptors (Lipinski definition) is 5. The summed E-state index contributed by atoms with van der Waals surface area (Å²) in [4.78, 5) is 34.5. The number of aromatic amines is 1. The zero-order valence-corrected chi connectivity index (χ0v) is 20.2. The zero-order valence-electron chi connectivity index (χ0n) is 19.3. The molecule has 0 radical (unpaired) electrons. The number of aromatic nitrogens is 1. The van der Waals surface area contributed by atoms with Gasteiger partial charge in [0.1, 0.15) is 0 Å². The first-order chi connectivity index (χ1) is 16.1. The predicted octanol–water partition coefficient (Wildman–Crippen LogP) is 2.77. The van der Waals surface area contributed by atoms with Crippen molar-refractivity contribution in [3.05, 3.63) is 58.4 Å². The SMILES string of the molecule is CCN1CCN(C(c2cccs2)C(C)NC(=O)C(=O)NCCc2c[nH]c3ccccc23)CC1. The minimum absolute atomic E-state index is 0.0620. The Morgan fingerprint density at radius 1 is 1.09 bits per heavy atom. The highest BCUT2D eigenvalue weighted by Gasteiger charge is 2.31. The van der Waals surface area contributed by atoms with Gasteiger partial charge in [-0.05, 0) is 43.0 Å². The first kappa shape index (κ1) is 23.5. The molecule has 8 heteroatoms. The molecule has 33 heavy (non-hydrogen) atoms. The molecule has 1 aliphatic rings. The van der Waals surface area contributed by atoms with Gasteiger partial charge in [0.25, 0.3) is 0 Å². The van der Waals surface area contributed by atoms with Crippen molar-refractivity contribution in [2.24, 2.45) is 0 Å². The third kappa shape index (κ3) is 5.63. The van der Waals surface area contributed by atoms with E-state index in [1.54, 1.807) is 11.3 Å². The van der Waals surface area contributed by atoms with E-state index in [1.807, 2.05) is 37.4 Å². The second-order valence-corrected chi connectivity index (χ2v) is 9.54. The fourth-order valence-electron chi connectivity index (χ4n) is 4.64. The number of carbonyl (C=O) groups excluding carboxylic acids is 2. The van der Waals surface area contributed by atoms with Gasteiger partial charge < -0.3 is 20.5 Å². The van der Waals surface area contributed by atoms with Crippen LogP contribution in [0.5, 0.6) is 0 Å². The molecule has 1 aliphatic heterocycles. The zero-order chi connectivity index (χ0) is 23.2. The number of hydrogen-bond donors (Lipinski definition) is 3. The Morgan fingerprint density at radius 3 is 2.61 bits per heavy atom. The molecule has 1 aromatic carbocycles. The maximum atomic E-state index is 12.7. The smallest absolute Gasteiger partial charge is 0.309 e. The Morgan fingerprint density at radius 2 is 1.88 bits per heavy atom. The van der Waals surface area contributed by atoms with Crippen molar-refractivity contribution in [3.8, 4) is 0 Å². The van der Waals surface area contributed by atoms with Gasteiger partial charge in [0.05, 0.1) is 6.04 Å². The number of fused-ring (bicyclic) bond motifs is 1. The molecule has 0 saturated carbocycles. The highest BCUT2D eigenvalue weighted by molar-refractivity contribution is 7.10. The van der Waals surface area contributed by atoms with E-state index >= 15 is 0 Å². The summed E-state index contributed by atoms with van der Waals surface area (Å²) in [5.41, 5.74) is 2.20. The Kier molecular flexibility index (Phi) is 7.80. The molecule has 3 heterocycles. The lowest BCUT2D eigenvalue weighted by atomic mass is 10.0. The second kappa shape index (κ2) is 11.0. The fourth-order valence-corrected chi connectivity index (χ4v) is 5.60. The summed E-state index contributed by atoms with van der Waals surface area (Å²) < 4.78 is 0. The lowest BCUT2D eigenvalue weighted by Crippen LogP contribution is -2.53. The lowest BCUT2D eigenvalue weighted by Gasteiger charge is -2.41. The molecule has 176 valence electrons. The number of likely N-dealkylation sites (N-methyl/N-ethyl adjacent to an activating group) is 1. The molecule has 0 aliphatic carbocycles. The Balaban J connectivity index is 1.32. The number of para-hydroxylation sites is 1. The van der Waals surface area contributed by atoms with Crippen molar-refractivity contribution in [2.45, 2.75) is 32.4 Å². The minimum atomic E-state index is -0.581. The van der Waals surface area contributed by atoms with Crippen molar-refractivity contribution in [3.63, 3.8) is 0 Å². The lowest BCUT2D eigenvalue weighted by molar-refractivity contribution is -0.139. The van der Waals surface area contributed by atoms with Crippen LogP contribution in [0.25, 0.3) is 10.9 Å². The molecule has 4 rings (SSSR count). The molecule has 0 bridgehead atoms. The molecule has 0 spiro atoms. The van der Waals surface area contributed by atoms with Crippen LogP contribution in [0.3, 0.4) is 0 Å². The fraction of sp³-hybridized carbons (Fsp3) is 0.440. The van der Waals surface area contributed by atoms with E-state index in [0.717, 1.165) is 49.2 Å². The number of H-pyrrole nitrogens is 1. The number of nitrogens with one attached hydrogen (secondary N) is 3. The summed E-state index contributed by atoms with van der Waals surface area (Å²) in [6, 6.07) is 12.1. The van der Waals surface area contributed by atoms with Crippen LogP contribution in [0.4, 0.5) is 0 Å². The van der Waals surface area contributed by atoms with Crippen molar-refractivity contribution >= 4 is 34.1 Å². The number of thiophene rings is 1. The van der Waals surface area contributed by atoms with Gasteiger partial charge in [-0.25, -0.2) is 0 Å². The topological polar surface area (TPSA) is 80.5 Å². The van der Waals surface area contributed by atoms with Crippen LogP contribution in [-0.4, -0.2) is 71.9 Å². The largest absolute Gasteiger partial charge is 0.361 e. The van der Waals surface area contributed by atoms with Gasteiger partial charge in [0.15, 0.2) is 0 Å². The molecule has 7 nitrogen and oxygen atoms in total. The first-order valence-corrected chi connectivity index (χ1v) is 12.6. The van der Waals surface area contributed by atoms with Crippen molar-refractivity contribution < 1.29 is 9.59 Å². The molecule has 2 atom stereocenters. The average Bonchev–Trinajstić information content (AvgIpc) is 3.50. The summed E-state index contributed by atoms with van der Waals surface area (Å²) in [7, 11) is 0. The molecule has 2 unspecified atom stereocenters. The van der Waals surface area contributed by atoms with Crippen LogP contribution >= 0.6 is 11.3 Å². The van der Waals surface area contributed by atoms with E-state index in [2.05, 4.69) is 49.9 Å². The Hall–Kier alpha value is -2.68. The van der Waals surface area contributed by atoms with Crippen molar-refractivity contribution in [1.29, 1.82) is 0 Å². The van der Waals surface area contributed by atoms with Crippen LogP contribution in [0.15, 0.2) is 48.0 Å². The van der Waals surface area contributed by atoms with Crippen molar-refractivity contribution in [1.82, 2.24) is 25.4 Å². The normalized spacial score (nSPS) is 17.0. The number of benzene rings is 1. The first-order valence-electron chi connectivity index (χ1n) is 11.7. The van der Waals surface area contributed by atoms with Gasteiger partial charge in [0, 0.05) is 60.7 Å². The van der Waals surface area contributed by atoms with Gasteiger partial charge in [-0.2, -0.15) is 0 Å². The summed E-state index contributed by atoms with van der Waals surface area (Å²) >= 11 is 1.70. The average molecular weight is 468 g/mol. The molecule has 1 fully saturated rings. The highest BCUT2D eigenvalue weighted by Crippen LogP contribution is 2.29. The minimum Gasteiger partial charge on any atom is -0.361 e. The summed E-state index contributed by atoms with van der Waals surface area (Å²) in [6.07, 6.45) is 2.63. The van der Waals surface area contributed by atoms with E-state index in [9.17, 15) is 9.59 Å². The van der Waals surface area contributed by atoms with Crippen LogP contribution in [-0.2, 0) is 16.0 Å². The van der Waals surface area contributed by atoms with Gasteiger partial charge >= 0.3 is 11.8 Å². The Bertz CT molecular complexity index is 1060. The third-order valence-corrected chi connectivity index (χ3v) is 7.42. The quantitative estimate of drug-likeness (QED) is 0.445. The van der Waals surface area contributed by atoms with Crippen LogP contribution in [0.1, 0.15) is 30.3 Å². The van der Waals surface area contributed by atoms with Gasteiger partial charge in [-0.3, -0.25) is 14.5 Å². The summed E-state index contributed by atoms with van der Waals surface area (Å²) in [5, 5.41) is 8.94. The third-order valence-electron chi connectivity index (χ3n) is 6.48. The van der Waals surface area contributed by atoms with E-state index in [0.29, 0.717) is 13.0 Å². The standard InChI is InChI=1S/C25H33N5O2S/c1-3-29-12-14-30(15-13-29)23(22-9-6-16-33-22)18(2)28-25(32)24(31)26-11-10-19-17-27-21-8-5-4-7-20(19)21/h4-9,16-18,23,27H,3,10-15H2,1-2H3,(H,26,31)(H,28,32). The van der Waals surface area contributed by atoms with Crippen LogP contribution in [0.2, 0.25) is 0 Å². The number of rotatable bonds is 8. The number of amides is 2. The number of nitrogens with zero attached hydrogens (tertiary/aromatic N) is 2. The number of carbonyl (C=O) groups is 2. The summed E-state index contributed by atoms with van der Waals surface area (Å²) in [5.74, 6) is -1.15. The monoisotopic (exact) mass is 467 g/mol. The molecule has 2 amide bonds. The maximum Gasteiger partial charge on any atom is 0.309 e. The molecule has 2 aromatic heterocycles. The molecule has 3 aromatic rings. The Labute approximate surface area is 199 Å². The highest BCUT2D eigenvalue weighted by atomic mass is 32.1.